The molecule has 0 aliphatic heterocycles. The van der Waals surface area contributed by atoms with Crippen molar-refractivity contribution in [3.63, 3.8) is 0 Å². The molecule has 1 aromatic heterocycles. The Kier molecular flexibility index (Phi) is 7.98. The Morgan fingerprint density at radius 3 is 2.67 bits per heavy atom. The largest absolute Gasteiger partial charge is 0.464 e. The molecule has 0 aliphatic carbocycles. The highest BCUT2D eigenvalue weighted by atomic mass is 32.2. The lowest BCUT2D eigenvalue weighted by atomic mass is 10.2. The predicted octanol–water partition coefficient (Wildman–Crippen LogP) is 3.10. The topological polar surface area (TPSA) is 98.9 Å². The molecular formula is C18H21F3N2O6S. The predicted molar refractivity (Wildman–Crippen MR) is 98.0 cm³/mol. The fourth-order valence-electron chi connectivity index (χ4n) is 2.49. The lowest BCUT2D eigenvalue weighted by Gasteiger charge is -2.21. The van der Waals surface area contributed by atoms with E-state index < -0.39 is 32.6 Å². The quantitative estimate of drug-likeness (QED) is 0.405. The zero-order valence-corrected chi connectivity index (χ0v) is 17.1. The van der Waals surface area contributed by atoms with Crippen LogP contribution in [0.15, 0.2) is 39.8 Å². The molecule has 0 amide bonds. The van der Waals surface area contributed by atoms with Crippen LogP contribution in [0.3, 0.4) is 0 Å². The summed E-state index contributed by atoms with van der Waals surface area (Å²) in [5, 5.41) is 0. The molecule has 0 saturated carbocycles. The fraction of sp³-hybridized carbons (Fsp3) is 0.444. The van der Waals surface area contributed by atoms with E-state index in [0.29, 0.717) is 12.7 Å². The molecule has 0 saturated heterocycles. The maximum absolute atomic E-state index is 13.0. The van der Waals surface area contributed by atoms with Crippen molar-refractivity contribution in [1.29, 1.82) is 0 Å². The third-order valence-electron chi connectivity index (χ3n) is 3.96. The van der Waals surface area contributed by atoms with Crippen LogP contribution in [-0.4, -0.2) is 50.5 Å². The smallest absolute Gasteiger partial charge is 0.416 e. The number of aromatic nitrogens is 1. The van der Waals surface area contributed by atoms with Crippen LogP contribution in [0.1, 0.15) is 35.3 Å². The molecule has 0 bridgehead atoms. The van der Waals surface area contributed by atoms with Gasteiger partial charge in [-0.15, -0.1) is 0 Å². The first kappa shape index (κ1) is 23.8. The first-order chi connectivity index (χ1) is 14.1. The number of alkyl halides is 3. The number of rotatable bonds is 10. The molecular weight excluding hydrogens is 429 g/mol. The molecule has 2 aromatic rings. The van der Waals surface area contributed by atoms with Crippen molar-refractivity contribution in [2.45, 2.75) is 31.0 Å². The highest BCUT2D eigenvalue weighted by Gasteiger charge is 2.33. The second-order valence-corrected chi connectivity index (χ2v) is 7.97. The van der Waals surface area contributed by atoms with Gasteiger partial charge in [0.05, 0.1) is 24.1 Å². The summed E-state index contributed by atoms with van der Waals surface area (Å²) in [5.41, 5.74) is -1.24. The molecule has 2 rings (SSSR count). The maximum atomic E-state index is 13.0. The number of hydrogen-bond acceptors (Lipinski definition) is 7. The minimum Gasteiger partial charge on any atom is -0.464 e. The summed E-state index contributed by atoms with van der Waals surface area (Å²) in [4.78, 5) is 14.9. The Balaban J connectivity index is 2.33. The Morgan fingerprint density at radius 2 is 2.03 bits per heavy atom. The molecule has 0 N–H and O–H groups in total. The van der Waals surface area contributed by atoms with Gasteiger partial charge in [-0.05, 0) is 31.5 Å². The molecule has 0 unspecified atom stereocenters. The summed E-state index contributed by atoms with van der Waals surface area (Å²) in [6.45, 7) is 2.02. The first-order valence-electron chi connectivity index (χ1n) is 8.87. The van der Waals surface area contributed by atoms with E-state index in [-0.39, 0.29) is 37.7 Å². The SMILES string of the molecule is CCOCCCN(Cc1nc(C(=O)OC)co1)S(=O)(=O)c1cccc(C(F)(F)F)c1. The van der Waals surface area contributed by atoms with Crippen LogP contribution in [0, 0.1) is 0 Å². The van der Waals surface area contributed by atoms with Crippen LogP contribution in [0.2, 0.25) is 0 Å². The molecule has 0 spiro atoms. The summed E-state index contributed by atoms with van der Waals surface area (Å²) < 4.78 is 80.9. The highest BCUT2D eigenvalue weighted by molar-refractivity contribution is 7.89. The van der Waals surface area contributed by atoms with Crippen molar-refractivity contribution >= 4 is 16.0 Å². The van der Waals surface area contributed by atoms with Crippen molar-refractivity contribution < 1.29 is 40.3 Å². The molecule has 12 heteroatoms. The summed E-state index contributed by atoms with van der Waals surface area (Å²) >= 11 is 0. The molecule has 1 aromatic carbocycles. The van der Waals surface area contributed by atoms with Crippen LogP contribution in [0.5, 0.6) is 0 Å². The van der Waals surface area contributed by atoms with Crippen molar-refractivity contribution in [2.75, 3.05) is 26.9 Å². The molecule has 0 aliphatic rings. The van der Waals surface area contributed by atoms with E-state index in [1.165, 1.54) is 0 Å². The normalized spacial score (nSPS) is 12.3. The number of benzene rings is 1. The van der Waals surface area contributed by atoms with Crippen molar-refractivity contribution in [3.8, 4) is 0 Å². The van der Waals surface area contributed by atoms with E-state index in [4.69, 9.17) is 9.15 Å². The van der Waals surface area contributed by atoms with Crippen molar-refractivity contribution in [3.05, 3.63) is 47.7 Å². The number of sulfonamides is 1. The van der Waals surface area contributed by atoms with Gasteiger partial charge >= 0.3 is 12.1 Å². The van der Waals surface area contributed by atoms with Crippen molar-refractivity contribution in [2.24, 2.45) is 0 Å². The van der Waals surface area contributed by atoms with E-state index in [1.807, 2.05) is 0 Å². The van der Waals surface area contributed by atoms with E-state index in [2.05, 4.69) is 9.72 Å². The van der Waals surface area contributed by atoms with Crippen LogP contribution in [0.4, 0.5) is 13.2 Å². The third-order valence-corrected chi connectivity index (χ3v) is 5.80. The number of esters is 1. The van der Waals surface area contributed by atoms with Gasteiger partial charge in [-0.25, -0.2) is 18.2 Å². The van der Waals surface area contributed by atoms with Gasteiger partial charge in [0.15, 0.2) is 5.69 Å². The van der Waals surface area contributed by atoms with Gasteiger partial charge in [-0.3, -0.25) is 0 Å². The molecule has 1 heterocycles. The van der Waals surface area contributed by atoms with Gasteiger partial charge in [0.25, 0.3) is 0 Å². The van der Waals surface area contributed by atoms with Crippen molar-refractivity contribution in [1.82, 2.24) is 9.29 Å². The summed E-state index contributed by atoms with van der Waals surface area (Å²) in [7, 11) is -3.18. The number of halogens is 3. The summed E-state index contributed by atoms with van der Waals surface area (Å²) in [6.07, 6.45) is -3.39. The zero-order chi connectivity index (χ0) is 22.4. The Hall–Kier alpha value is -2.44. The number of oxazole rings is 1. The fourth-order valence-corrected chi connectivity index (χ4v) is 3.96. The Morgan fingerprint density at radius 1 is 1.30 bits per heavy atom. The van der Waals surface area contributed by atoms with Gasteiger partial charge in [-0.1, -0.05) is 6.07 Å². The molecule has 166 valence electrons. The van der Waals surface area contributed by atoms with Gasteiger partial charge in [0, 0.05) is 19.8 Å². The van der Waals surface area contributed by atoms with E-state index >= 15 is 0 Å². The second-order valence-electron chi connectivity index (χ2n) is 6.03. The Labute approximate surface area is 171 Å². The number of nitrogens with zero attached hydrogens (tertiary/aromatic N) is 2. The minimum atomic E-state index is -4.69. The number of ether oxygens (including phenoxy) is 2. The van der Waals surface area contributed by atoms with Gasteiger partial charge in [-0.2, -0.15) is 17.5 Å². The highest BCUT2D eigenvalue weighted by Crippen LogP contribution is 2.31. The minimum absolute atomic E-state index is 0.0610. The standard InChI is InChI=1S/C18H21F3N2O6S/c1-3-28-9-5-8-23(11-16-22-15(12-29-16)17(24)27-2)30(25,26)14-7-4-6-13(10-14)18(19,20)21/h4,6-7,10,12H,3,5,8-9,11H2,1-2H3. The van der Waals surface area contributed by atoms with E-state index in [1.54, 1.807) is 6.92 Å². The van der Waals surface area contributed by atoms with Gasteiger partial charge < -0.3 is 13.9 Å². The van der Waals surface area contributed by atoms with Crippen LogP contribution < -0.4 is 0 Å². The average molecular weight is 450 g/mol. The first-order valence-corrected chi connectivity index (χ1v) is 10.3. The maximum Gasteiger partial charge on any atom is 0.416 e. The summed E-state index contributed by atoms with van der Waals surface area (Å²) in [6, 6.07) is 3.46. The average Bonchev–Trinajstić information content (AvgIpc) is 3.17. The van der Waals surface area contributed by atoms with Crippen LogP contribution >= 0.6 is 0 Å². The molecule has 0 atom stereocenters. The molecule has 0 fully saturated rings. The zero-order valence-electron chi connectivity index (χ0n) is 16.3. The number of methoxy groups -OCH3 is 1. The number of carbonyl (C=O) groups excluding carboxylic acids is 1. The molecule has 0 radical (unpaired) electrons. The molecule has 8 nitrogen and oxygen atoms in total. The third kappa shape index (κ3) is 6.03. The van der Waals surface area contributed by atoms with Crippen LogP contribution in [0.25, 0.3) is 0 Å². The van der Waals surface area contributed by atoms with Crippen LogP contribution in [-0.2, 0) is 32.2 Å². The lowest BCUT2D eigenvalue weighted by molar-refractivity contribution is -0.137. The van der Waals surface area contributed by atoms with E-state index in [9.17, 15) is 26.4 Å². The number of hydrogen-bond donors (Lipinski definition) is 0. The lowest BCUT2D eigenvalue weighted by Crippen LogP contribution is -2.32. The van der Waals surface area contributed by atoms with E-state index in [0.717, 1.165) is 35.9 Å². The monoisotopic (exact) mass is 450 g/mol. The molecule has 30 heavy (non-hydrogen) atoms. The summed E-state index contributed by atoms with van der Waals surface area (Å²) in [5.74, 6) is -0.879. The number of carbonyl (C=O) groups is 1. The second kappa shape index (κ2) is 10.0. The van der Waals surface area contributed by atoms with Gasteiger partial charge in [0.1, 0.15) is 6.26 Å². The van der Waals surface area contributed by atoms with Gasteiger partial charge in [0.2, 0.25) is 15.9 Å². The Bertz CT molecular complexity index is 959.